The lowest BCUT2D eigenvalue weighted by atomic mass is 10.0. The van der Waals surface area contributed by atoms with Crippen LogP contribution in [0.3, 0.4) is 0 Å². The van der Waals surface area contributed by atoms with E-state index >= 15 is 0 Å². The van der Waals surface area contributed by atoms with Gasteiger partial charge in [0.15, 0.2) is 5.78 Å². The summed E-state index contributed by atoms with van der Waals surface area (Å²) in [6.07, 6.45) is 4.64. The summed E-state index contributed by atoms with van der Waals surface area (Å²) in [5.41, 5.74) is 1.07. The average Bonchev–Trinajstić information content (AvgIpc) is 2.39. The second-order valence-corrected chi connectivity index (χ2v) is 5.34. The third kappa shape index (κ3) is 3.32. The minimum atomic E-state index is -0.158. The van der Waals surface area contributed by atoms with Crippen LogP contribution in [0.2, 0.25) is 0 Å². The Morgan fingerprint density at radius 3 is 2.84 bits per heavy atom. The van der Waals surface area contributed by atoms with Crippen molar-refractivity contribution in [3.8, 4) is 0 Å². The van der Waals surface area contributed by atoms with E-state index in [1.165, 1.54) is 26.2 Å². The SMILES string of the molecule is CC(=O)c1ccc(C)n(CCC2CCCCN2)c1=O. The molecule has 2 heterocycles. The fourth-order valence-corrected chi connectivity index (χ4v) is 2.67. The average molecular weight is 262 g/mol. The van der Waals surface area contributed by atoms with E-state index in [4.69, 9.17) is 0 Å². The summed E-state index contributed by atoms with van der Waals surface area (Å²) in [6.45, 7) is 5.12. The molecule has 4 nitrogen and oxygen atoms in total. The Hall–Kier alpha value is -1.42. The van der Waals surface area contributed by atoms with E-state index in [9.17, 15) is 9.59 Å². The topological polar surface area (TPSA) is 51.1 Å². The van der Waals surface area contributed by atoms with Crippen LogP contribution in [-0.4, -0.2) is 22.9 Å². The molecule has 1 aliphatic heterocycles. The van der Waals surface area contributed by atoms with Crippen molar-refractivity contribution < 1.29 is 4.79 Å². The highest BCUT2D eigenvalue weighted by Gasteiger charge is 2.14. The lowest BCUT2D eigenvalue weighted by Gasteiger charge is -2.24. The van der Waals surface area contributed by atoms with Crippen LogP contribution in [0.15, 0.2) is 16.9 Å². The Kier molecular flexibility index (Phi) is 4.53. The smallest absolute Gasteiger partial charge is 0.261 e. The number of hydrogen-bond acceptors (Lipinski definition) is 3. The molecule has 1 unspecified atom stereocenters. The van der Waals surface area contributed by atoms with Crippen LogP contribution in [0.25, 0.3) is 0 Å². The molecule has 1 aromatic rings. The molecule has 1 atom stereocenters. The van der Waals surface area contributed by atoms with Gasteiger partial charge in [-0.2, -0.15) is 0 Å². The maximum absolute atomic E-state index is 12.2. The highest BCUT2D eigenvalue weighted by molar-refractivity contribution is 5.93. The summed E-state index contributed by atoms with van der Waals surface area (Å²) in [4.78, 5) is 23.6. The Labute approximate surface area is 113 Å². The van der Waals surface area contributed by atoms with Gasteiger partial charge in [-0.1, -0.05) is 6.42 Å². The van der Waals surface area contributed by atoms with E-state index in [1.807, 2.05) is 13.0 Å². The van der Waals surface area contributed by atoms with E-state index in [-0.39, 0.29) is 11.3 Å². The Bertz CT molecular complexity index is 513. The van der Waals surface area contributed by atoms with Crippen LogP contribution in [0.5, 0.6) is 0 Å². The molecular formula is C15H22N2O2. The molecule has 0 spiro atoms. The fraction of sp³-hybridized carbons (Fsp3) is 0.600. The molecule has 104 valence electrons. The normalized spacial score (nSPS) is 19.4. The maximum Gasteiger partial charge on any atom is 0.261 e. The number of ketones is 1. The molecular weight excluding hydrogens is 240 g/mol. The zero-order chi connectivity index (χ0) is 13.8. The van der Waals surface area contributed by atoms with Gasteiger partial charge >= 0.3 is 0 Å². The van der Waals surface area contributed by atoms with Gasteiger partial charge in [0, 0.05) is 18.3 Å². The van der Waals surface area contributed by atoms with E-state index in [2.05, 4.69) is 5.32 Å². The molecule has 4 heteroatoms. The molecule has 0 aliphatic carbocycles. The van der Waals surface area contributed by atoms with Crippen molar-refractivity contribution >= 4 is 5.78 Å². The van der Waals surface area contributed by atoms with E-state index in [0.29, 0.717) is 18.2 Å². The van der Waals surface area contributed by atoms with Gasteiger partial charge in [-0.3, -0.25) is 9.59 Å². The molecule has 19 heavy (non-hydrogen) atoms. The number of pyridine rings is 1. The van der Waals surface area contributed by atoms with Crippen LogP contribution in [0.1, 0.15) is 48.7 Å². The summed E-state index contributed by atoms with van der Waals surface area (Å²) in [5, 5.41) is 3.48. The van der Waals surface area contributed by atoms with Crippen LogP contribution < -0.4 is 10.9 Å². The summed E-state index contributed by atoms with van der Waals surface area (Å²) in [5.74, 6) is -0.158. The lowest BCUT2D eigenvalue weighted by Crippen LogP contribution is -2.36. The number of carbonyl (C=O) groups excluding carboxylic acids is 1. The Morgan fingerprint density at radius 1 is 1.42 bits per heavy atom. The number of Topliss-reactive ketones (excluding diaryl/α,β-unsaturated/α-hetero) is 1. The van der Waals surface area contributed by atoms with Gasteiger partial charge in [0.25, 0.3) is 5.56 Å². The Morgan fingerprint density at radius 2 is 2.21 bits per heavy atom. The van der Waals surface area contributed by atoms with Gasteiger partial charge in [0.05, 0.1) is 5.56 Å². The molecule has 0 saturated carbocycles. The van der Waals surface area contributed by atoms with Crippen molar-refractivity contribution in [2.24, 2.45) is 0 Å². The first kappa shape index (κ1) is 14.0. The molecule has 0 bridgehead atoms. The highest BCUT2D eigenvalue weighted by Crippen LogP contribution is 2.11. The van der Waals surface area contributed by atoms with Crippen LogP contribution >= 0.6 is 0 Å². The van der Waals surface area contributed by atoms with E-state index in [1.54, 1.807) is 10.6 Å². The van der Waals surface area contributed by atoms with E-state index < -0.39 is 0 Å². The Balaban J connectivity index is 2.12. The maximum atomic E-state index is 12.2. The lowest BCUT2D eigenvalue weighted by molar-refractivity contribution is 0.101. The fourth-order valence-electron chi connectivity index (χ4n) is 2.67. The quantitative estimate of drug-likeness (QED) is 0.843. The van der Waals surface area contributed by atoms with Crippen molar-refractivity contribution in [3.05, 3.63) is 33.7 Å². The monoisotopic (exact) mass is 262 g/mol. The second kappa shape index (κ2) is 6.15. The zero-order valence-corrected chi connectivity index (χ0v) is 11.7. The van der Waals surface area contributed by atoms with Gasteiger partial charge in [0.1, 0.15) is 0 Å². The molecule has 1 aromatic heterocycles. The summed E-state index contributed by atoms with van der Waals surface area (Å²) >= 11 is 0. The molecule has 0 aromatic carbocycles. The van der Waals surface area contributed by atoms with Gasteiger partial charge in [0.2, 0.25) is 0 Å². The van der Waals surface area contributed by atoms with Crippen LogP contribution in [0, 0.1) is 6.92 Å². The minimum absolute atomic E-state index is 0.150. The molecule has 2 rings (SSSR count). The van der Waals surface area contributed by atoms with Gasteiger partial charge < -0.3 is 9.88 Å². The standard InChI is InChI=1S/C15H22N2O2/c1-11-6-7-14(12(2)18)15(19)17(11)10-8-13-5-3-4-9-16-13/h6-7,13,16H,3-5,8-10H2,1-2H3. The molecule has 1 saturated heterocycles. The number of rotatable bonds is 4. The van der Waals surface area contributed by atoms with Crippen molar-refractivity contribution in [1.29, 1.82) is 0 Å². The van der Waals surface area contributed by atoms with Crippen molar-refractivity contribution in [3.63, 3.8) is 0 Å². The summed E-state index contributed by atoms with van der Waals surface area (Å²) in [7, 11) is 0. The van der Waals surface area contributed by atoms with E-state index in [0.717, 1.165) is 18.7 Å². The molecule has 1 fully saturated rings. The number of nitrogens with one attached hydrogen (secondary N) is 1. The number of piperidine rings is 1. The first-order valence-electron chi connectivity index (χ1n) is 7.04. The molecule has 0 radical (unpaired) electrons. The third-order valence-electron chi connectivity index (χ3n) is 3.89. The number of carbonyl (C=O) groups is 1. The van der Waals surface area contributed by atoms with Crippen molar-refractivity contribution in [2.45, 2.75) is 52.1 Å². The van der Waals surface area contributed by atoms with Crippen LogP contribution in [-0.2, 0) is 6.54 Å². The summed E-state index contributed by atoms with van der Waals surface area (Å²) < 4.78 is 1.73. The largest absolute Gasteiger partial charge is 0.314 e. The predicted octanol–water partition coefficient (Wildman–Crippen LogP) is 1.89. The first-order valence-corrected chi connectivity index (χ1v) is 7.04. The predicted molar refractivity (Wildman–Crippen MR) is 75.7 cm³/mol. The second-order valence-electron chi connectivity index (χ2n) is 5.34. The summed E-state index contributed by atoms with van der Waals surface area (Å²) in [6, 6.07) is 3.99. The number of aryl methyl sites for hydroxylation is 1. The number of aromatic nitrogens is 1. The number of nitrogens with zero attached hydrogens (tertiary/aromatic N) is 1. The highest BCUT2D eigenvalue weighted by atomic mass is 16.1. The van der Waals surface area contributed by atoms with Crippen molar-refractivity contribution in [2.75, 3.05) is 6.54 Å². The van der Waals surface area contributed by atoms with Crippen LogP contribution in [0.4, 0.5) is 0 Å². The van der Waals surface area contributed by atoms with Crippen molar-refractivity contribution in [1.82, 2.24) is 9.88 Å². The third-order valence-corrected chi connectivity index (χ3v) is 3.89. The van der Waals surface area contributed by atoms with Gasteiger partial charge in [-0.15, -0.1) is 0 Å². The van der Waals surface area contributed by atoms with Gasteiger partial charge in [-0.25, -0.2) is 0 Å². The van der Waals surface area contributed by atoms with Gasteiger partial charge in [-0.05, 0) is 51.8 Å². The molecule has 1 aliphatic rings. The molecule has 1 N–H and O–H groups in total. The minimum Gasteiger partial charge on any atom is -0.314 e. The first-order chi connectivity index (χ1) is 9.09. The number of hydrogen-bond donors (Lipinski definition) is 1. The zero-order valence-electron chi connectivity index (χ0n) is 11.7. The molecule has 0 amide bonds.